The molecule has 2 amide bonds. The van der Waals surface area contributed by atoms with Gasteiger partial charge in [-0.2, -0.15) is 0 Å². The number of hydrogen-bond donors (Lipinski definition) is 2. The zero-order chi connectivity index (χ0) is 28.6. The quantitative estimate of drug-likeness (QED) is 0.394. The third-order valence-electron chi connectivity index (χ3n) is 8.11. The third kappa shape index (κ3) is 7.62. The first-order chi connectivity index (χ1) is 19.2. The molecule has 2 aromatic carbocycles. The number of ketones is 1. The van der Waals surface area contributed by atoms with E-state index >= 15 is 0 Å². The van der Waals surface area contributed by atoms with Gasteiger partial charge in [0.2, 0.25) is 5.91 Å². The van der Waals surface area contributed by atoms with E-state index in [1.165, 1.54) is 12.1 Å². The van der Waals surface area contributed by atoms with Crippen LogP contribution in [0.15, 0.2) is 54.6 Å². The number of halogens is 2. The van der Waals surface area contributed by atoms with Crippen molar-refractivity contribution in [2.24, 2.45) is 5.92 Å². The largest absolute Gasteiger partial charge is 0.342 e. The normalized spacial score (nSPS) is 18.7. The van der Waals surface area contributed by atoms with Gasteiger partial charge in [0.15, 0.2) is 5.78 Å². The van der Waals surface area contributed by atoms with Gasteiger partial charge in [0.1, 0.15) is 11.6 Å². The zero-order valence-corrected chi connectivity index (χ0v) is 23.2. The molecule has 0 spiro atoms. The van der Waals surface area contributed by atoms with Crippen molar-refractivity contribution in [2.45, 2.75) is 70.4 Å². The van der Waals surface area contributed by atoms with Crippen LogP contribution >= 0.6 is 0 Å². The molecule has 1 saturated carbocycles. The Morgan fingerprint density at radius 2 is 1.80 bits per heavy atom. The third-order valence-corrected chi connectivity index (χ3v) is 8.11. The van der Waals surface area contributed by atoms with Crippen LogP contribution in [0.4, 0.5) is 8.78 Å². The van der Waals surface area contributed by atoms with Gasteiger partial charge in [0.25, 0.3) is 5.91 Å². The van der Waals surface area contributed by atoms with Crippen LogP contribution in [0, 0.1) is 17.6 Å². The first kappa shape index (κ1) is 29.6. The number of piperidine rings is 1. The van der Waals surface area contributed by atoms with Crippen molar-refractivity contribution >= 4 is 17.6 Å². The lowest BCUT2D eigenvalue weighted by Gasteiger charge is -2.33. The molecule has 6 nitrogen and oxygen atoms in total. The zero-order valence-electron chi connectivity index (χ0n) is 23.2. The highest BCUT2D eigenvalue weighted by atomic mass is 19.1. The fourth-order valence-corrected chi connectivity index (χ4v) is 5.85. The van der Waals surface area contributed by atoms with E-state index in [1.54, 1.807) is 17.9 Å². The summed E-state index contributed by atoms with van der Waals surface area (Å²) >= 11 is 0. The Morgan fingerprint density at radius 3 is 2.52 bits per heavy atom. The Bertz CT molecular complexity index is 1240. The van der Waals surface area contributed by atoms with Gasteiger partial charge in [0.05, 0.1) is 12.6 Å². The summed E-state index contributed by atoms with van der Waals surface area (Å²) in [5, 5.41) is 5.97. The van der Waals surface area contributed by atoms with Gasteiger partial charge >= 0.3 is 0 Å². The van der Waals surface area contributed by atoms with Gasteiger partial charge in [-0.3, -0.25) is 14.4 Å². The maximum atomic E-state index is 13.9. The SMILES string of the molecule is C=C(C)C(=O)[C@H](NC(=O)c1cccc([C@H]2CCCN(C(=O)CNCc3ccc(F)cc3F)C2)c1)C1CCCCC1. The Morgan fingerprint density at radius 1 is 1.02 bits per heavy atom. The molecule has 1 saturated heterocycles. The predicted molar refractivity (Wildman–Crippen MR) is 151 cm³/mol. The average molecular weight is 552 g/mol. The number of benzene rings is 2. The van der Waals surface area contributed by atoms with Crippen LogP contribution in [0.3, 0.4) is 0 Å². The summed E-state index contributed by atoms with van der Waals surface area (Å²) in [7, 11) is 0. The number of rotatable bonds is 10. The van der Waals surface area contributed by atoms with Gasteiger partial charge in [-0.25, -0.2) is 8.78 Å². The summed E-state index contributed by atoms with van der Waals surface area (Å²) in [6.07, 6.45) is 6.84. The molecule has 0 aromatic heterocycles. The molecule has 2 fully saturated rings. The molecule has 2 N–H and O–H groups in total. The molecule has 214 valence electrons. The summed E-state index contributed by atoms with van der Waals surface area (Å²) in [5.41, 5.74) is 2.23. The molecule has 2 atom stereocenters. The van der Waals surface area contributed by atoms with Gasteiger partial charge < -0.3 is 15.5 Å². The molecular weight excluding hydrogens is 512 g/mol. The highest BCUT2D eigenvalue weighted by Gasteiger charge is 2.32. The highest BCUT2D eigenvalue weighted by Crippen LogP contribution is 2.29. The fraction of sp³-hybridized carbons (Fsp3) is 0.469. The van der Waals surface area contributed by atoms with E-state index in [2.05, 4.69) is 17.2 Å². The Balaban J connectivity index is 1.36. The van der Waals surface area contributed by atoms with Gasteiger partial charge in [-0.05, 0) is 67.9 Å². The first-order valence-electron chi connectivity index (χ1n) is 14.3. The van der Waals surface area contributed by atoms with Crippen LogP contribution in [0.25, 0.3) is 0 Å². The fourth-order valence-electron chi connectivity index (χ4n) is 5.85. The smallest absolute Gasteiger partial charge is 0.251 e. The number of nitrogens with zero attached hydrogens (tertiary/aromatic N) is 1. The van der Waals surface area contributed by atoms with Crippen LogP contribution < -0.4 is 10.6 Å². The van der Waals surface area contributed by atoms with E-state index in [9.17, 15) is 23.2 Å². The maximum Gasteiger partial charge on any atom is 0.251 e. The summed E-state index contributed by atoms with van der Waals surface area (Å²) in [6, 6.07) is 10.3. The van der Waals surface area contributed by atoms with E-state index < -0.39 is 17.7 Å². The van der Waals surface area contributed by atoms with Crippen molar-refractivity contribution < 1.29 is 23.2 Å². The van der Waals surface area contributed by atoms with Crippen molar-refractivity contribution in [1.82, 2.24) is 15.5 Å². The summed E-state index contributed by atoms with van der Waals surface area (Å²) in [6.45, 7) is 6.84. The molecule has 0 bridgehead atoms. The lowest BCUT2D eigenvalue weighted by Crippen LogP contribution is -2.47. The number of amides is 2. The van der Waals surface area contributed by atoms with Crippen LogP contribution in [0.5, 0.6) is 0 Å². The standard InChI is InChI=1S/C32H39F2N3O3/c1-21(2)31(39)30(22-8-4-3-5-9-22)36-32(40)24-11-6-10-23(16-24)26-12-7-15-37(20-26)29(38)19-35-18-25-13-14-27(33)17-28(25)34/h6,10-11,13-14,16-17,22,26,30,35H,1,3-5,7-9,12,15,18-20H2,2H3,(H,36,40)/t26-,30+/m0/s1. The molecule has 2 aliphatic rings. The van der Waals surface area contributed by atoms with Gasteiger partial charge in [-0.15, -0.1) is 0 Å². The van der Waals surface area contributed by atoms with E-state index in [-0.39, 0.29) is 42.5 Å². The number of Topliss-reactive ketones (excluding diaryl/α,β-unsaturated/α-hetero) is 1. The monoisotopic (exact) mass is 551 g/mol. The number of carbonyl (C=O) groups excluding carboxylic acids is 3. The molecule has 1 aliphatic carbocycles. The number of likely N-dealkylation sites (tertiary alicyclic amines) is 1. The molecule has 8 heteroatoms. The first-order valence-corrected chi connectivity index (χ1v) is 14.3. The molecule has 0 radical (unpaired) electrons. The van der Waals surface area contributed by atoms with Crippen LogP contribution in [-0.2, 0) is 16.1 Å². The van der Waals surface area contributed by atoms with E-state index in [0.29, 0.717) is 29.8 Å². The topological polar surface area (TPSA) is 78.5 Å². The molecule has 1 heterocycles. The molecular formula is C32H39F2N3O3. The second kappa shape index (κ2) is 13.8. The van der Waals surface area contributed by atoms with Gasteiger partial charge in [0, 0.05) is 42.7 Å². The van der Waals surface area contributed by atoms with E-state index in [4.69, 9.17) is 0 Å². The maximum absolute atomic E-state index is 13.9. The Labute approximate surface area is 235 Å². The lowest BCUT2D eigenvalue weighted by atomic mass is 9.81. The molecule has 4 rings (SSSR count). The summed E-state index contributed by atoms with van der Waals surface area (Å²) in [5.74, 6) is -1.54. The summed E-state index contributed by atoms with van der Waals surface area (Å²) < 4.78 is 27.0. The van der Waals surface area contributed by atoms with Crippen molar-refractivity contribution in [3.05, 3.63) is 82.9 Å². The van der Waals surface area contributed by atoms with Crippen molar-refractivity contribution in [3.63, 3.8) is 0 Å². The minimum atomic E-state index is -0.643. The lowest BCUT2D eigenvalue weighted by molar-refractivity contribution is -0.131. The minimum absolute atomic E-state index is 0.0469. The molecule has 2 aromatic rings. The number of hydrogen-bond acceptors (Lipinski definition) is 4. The second-order valence-electron chi connectivity index (χ2n) is 11.1. The van der Waals surface area contributed by atoms with Crippen molar-refractivity contribution in [2.75, 3.05) is 19.6 Å². The van der Waals surface area contributed by atoms with Crippen LogP contribution in [0.2, 0.25) is 0 Å². The minimum Gasteiger partial charge on any atom is -0.342 e. The van der Waals surface area contributed by atoms with Crippen LogP contribution in [-0.4, -0.2) is 48.2 Å². The Hall–Kier alpha value is -3.39. The molecule has 40 heavy (non-hydrogen) atoms. The van der Waals surface area contributed by atoms with Gasteiger partial charge in [-0.1, -0.05) is 44.0 Å². The number of nitrogens with one attached hydrogen (secondary N) is 2. The van der Waals surface area contributed by atoms with Crippen molar-refractivity contribution in [3.8, 4) is 0 Å². The summed E-state index contributed by atoms with van der Waals surface area (Å²) in [4.78, 5) is 40.9. The van der Waals surface area contributed by atoms with Crippen molar-refractivity contribution in [1.29, 1.82) is 0 Å². The predicted octanol–water partition coefficient (Wildman–Crippen LogP) is 5.28. The highest BCUT2D eigenvalue weighted by molar-refractivity contribution is 6.03. The average Bonchev–Trinajstić information content (AvgIpc) is 2.97. The number of carbonyl (C=O) groups is 3. The Kier molecular flexibility index (Phi) is 10.2. The van der Waals surface area contributed by atoms with Crippen LogP contribution in [0.1, 0.15) is 79.3 Å². The van der Waals surface area contributed by atoms with E-state index in [1.807, 2.05) is 18.2 Å². The molecule has 0 unspecified atom stereocenters. The molecule has 1 aliphatic heterocycles. The second-order valence-corrected chi connectivity index (χ2v) is 11.1. The van der Waals surface area contributed by atoms with E-state index in [0.717, 1.165) is 56.6 Å².